The van der Waals surface area contributed by atoms with Gasteiger partial charge in [0.05, 0.1) is 6.10 Å². The molecule has 13 atom stereocenters. The highest BCUT2D eigenvalue weighted by molar-refractivity contribution is 6.00. The van der Waals surface area contributed by atoms with E-state index in [4.69, 9.17) is 0 Å². The average Bonchev–Trinajstić information content (AvgIpc) is 1.07. The van der Waals surface area contributed by atoms with Gasteiger partial charge in [0, 0.05) is 60.7 Å². The maximum absolute atomic E-state index is 15.2. The summed E-state index contributed by atoms with van der Waals surface area (Å²) in [6.45, 7) is 28.5. The molecule has 1 rings (SSSR count). The minimum Gasteiger partial charge on any atom is -0.390 e. The number of nitro groups is 1. The Morgan fingerprint density at radius 2 is 0.856 bits per heavy atom. The van der Waals surface area contributed by atoms with Crippen LogP contribution in [-0.4, -0.2) is 238 Å². The molecule has 90 heavy (non-hydrogen) atoms. The van der Waals surface area contributed by atoms with Crippen molar-refractivity contribution < 1.29 is 62.8 Å². The topological polar surface area (TPSA) is 322 Å². The van der Waals surface area contributed by atoms with Crippen molar-refractivity contribution in [2.24, 2.45) is 41.4 Å². The smallest absolute Gasteiger partial charge is 0.246 e. The molecular formula is C64H114N12O14. The first kappa shape index (κ1) is 81.3. The summed E-state index contributed by atoms with van der Waals surface area (Å²) in [7, 11) is 9.51. The predicted molar refractivity (Wildman–Crippen MR) is 344 cm³/mol. The maximum atomic E-state index is 15.2. The second kappa shape index (κ2) is 36.9. The first-order valence-corrected chi connectivity index (χ1v) is 32.0. The van der Waals surface area contributed by atoms with Gasteiger partial charge in [-0.2, -0.15) is 0 Å². The summed E-state index contributed by atoms with van der Waals surface area (Å²) in [5, 5.41) is 35.0. The molecule has 0 saturated carbocycles. The summed E-state index contributed by atoms with van der Waals surface area (Å²) in [6.07, 6.45) is 1.91. The van der Waals surface area contributed by atoms with Crippen LogP contribution in [0.2, 0.25) is 0 Å². The van der Waals surface area contributed by atoms with Gasteiger partial charge in [-0.05, 0) is 101 Å². The first-order chi connectivity index (χ1) is 41.5. The molecule has 26 heteroatoms. The van der Waals surface area contributed by atoms with Crippen molar-refractivity contribution in [2.45, 2.75) is 235 Å². The van der Waals surface area contributed by atoms with Crippen molar-refractivity contribution in [1.82, 2.24) is 55.6 Å². The number of likely N-dealkylation sites (N-methyl/N-ethyl adjacent to an activating group) is 7. The van der Waals surface area contributed by atoms with Crippen LogP contribution >= 0.6 is 0 Å². The molecule has 0 spiro atoms. The number of carbonyl (C=O) groups excluding carboxylic acids is 11. The Morgan fingerprint density at radius 1 is 0.467 bits per heavy atom. The Morgan fingerprint density at radius 3 is 1.29 bits per heavy atom. The molecule has 0 aromatic heterocycles. The van der Waals surface area contributed by atoms with Crippen LogP contribution in [0.25, 0.3) is 0 Å². The fourth-order valence-corrected chi connectivity index (χ4v) is 11.3. The van der Waals surface area contributed by atoms with Crippen LogP contribution in [0, 0.1) is 51.5 Å². The molecule has 1 heterocycles. The van der Waals surface area contributed by atoms with Crippen molar-refractivity contribution in [1.29, 1.82) is 0 Å². The fraction of sp³-hybridized carbons (Fsp3) is 0.797. The van der Waals surface area contributed by atoms with Crippen LogP contribution in [0.15, 0.2) is 12.2 Å². The number of amides is 11. The lowest BCUT2D eigenvalue weighted by atomic mass is 9.91. The largest absolute Gasteiger partial charge is 0.390 e. The van der Waals surface area contributed by atoms with Gasteiger partial charge in [0.25, 0.3) is 0 Å². The van der Waals surface area contributed by atoms with E-state index < -0.39 is 173 Å². The minimum absolute atomic E-state index is 0.0191. The lowest BCUT2D eigenvalue weighted by Crippen LogP contribution is -2.64. The molecule has 26 nitrogen and oxygen atoms in total. The lowest BCUT2D eigenvalue weighted by Gasteiger charge is -2.41. The van der Waals surface area contributed by atoms with Gasteiger partial charge >= 0.3 is 0 Å². The van der Waals surface area contributed by atoms with E-state index in [2.05, 4.69) is 21.3 Å². The van der Waals surface area contributed by atoms with Crippen LogP contribution in [0.5, 0.6) is 0 Å². The average molecular weight is 1280 g/mol. The van der Waals surface area contributed by atoms with E-state index in [0.29, 0.717) is 0 Å². The number of hydrogen-bond acceptors (Lipinski definition) is 14. The van der Waals surface area contributed by atoms with Gasteiger partial charge in [-0.15, -0.1) is 0 Å². The standard InChI is InChI=1S/C64H114N12O14/c1-25-27-28-41(15)53(77)52-57(81)67-44(26-2)59(83)69(18)45(29-30-76(89)90)60(84)70(19)47(32-36(5)6)56(80)68-50(39(11)12)63(87)71(20)46(31-35(3)4)55(79)65-42(16)54(78)66-43(17)58(82)72(21)48(33-37(7)8)61(85)73(22)49(34-38(9)10)62(86)74(23)51(40(13)14)64(88)75(52)24/h25,27,35-53,77H,26,28-34H2,1-24H3,(H,65,79)(H,66,78)(H,67,81)(H,68,80)/b27-25+/t41-,42+,43-,44+,45-,46+,47+,48+,49+,50+,51+,52+,53-/m1/s1. The van der Waals surface area contributed by atoms with Crippen LogP contribution in [0.3, 0.4) is 0 Å². The van der Waals surface area contributed by atoms with E-state index >= 15 is 19.2 Å². The highest BCUT2D eigenvalue weighted by Crippen LogP contribution is 2.26. The summed E-state index contributed by atoms with van der Waals surface area (Å²) in [5.74, 6) is -11.1. The Balaban J connectivity index is 4.51. The molecular weight excluding hydrogens is 1160 g/mol. The monoisotopic (exact) mass is 1270 g/mol. The molecule has 11 amide bonds. The van der Waals surface area contributed by atoms with Gasteiger partial charge in [0.15, 0.2) is 0 Å². The van der Waals surface area contributed by atoms with Gasteiger partial charge in [0.1, 0.15) is 66.5 Å². The number of carbonyl (C=O) groups is 11. The highest BCUT2D eigenvalue weighted by atomic mass is 16.6. The molecule has 1 saturated heterocycles. The fourth-order valence-electron chi connectivity index (χ4n) is 11.3. The number of aliphatic hydroxyl groups excluding tert-OH is 1. The third kappa shape index (κ3) is 22.6. The Kier molecular flexibility index (Phi) is 33.4. The molecule has 1 aliphatic heterocycles. The van der Waals surface area contributed by atoms with Crippen LogP contribution in [-0.2, 0) is 52.7 Å². The number of allylic oxidation sites excluding steroid dienone is 2. The second-order valence-corrected chi connectivity index (χ2v) is 27.2. The lowest BCUT2D eigenvalue weighted by molar-refractivity contribution is -0.481. The van der Waals surface area contributed by atoms with Crippen LogP contribution in [0.1, 0.15) is 163 Å². The quantitative estimate of drug-likeness (QED) is 0.0748. The molecule has 1 aliphatic rings. The van der Waals surface area contributed by atoms with Crippen molar-refractivity contribution in [3.63, 3.8) is 0 Å². The molecule has 0 radical (unpaired) electrons. The summed E-state index contributed by atoms with van der Waals surface area (Å²) in [4.78, 5) is 182. The number of nitrogens with zero attached hydrogens (tertiary/aromatic N) is 8. The Labute approximate surface area is 536 Å². The number of nitrogens with one attached hydrogen (secondary N) is 4. The summed E-state index contributed by atoms with van der Waals surface area (Å²) in [5.41, 5.74) is 0. The number of rotatable bonds is 18. The van der Waals surface area contributed by atoms with Crippen LogP contribution < -0.4 is 21.3 Å². The molecule has 1 fully saturated rings. The molecule has 0 aliphatic carbocycles. The van der Waals surface area contributed by atoms with Crippen molar-refractivity contribution in [2.75, 3.05) is 55.9 Å². The summed E-state index contributed by atoms with van der Waals surface area (Å²) < 4.78 is 0. The van der Waals surface area contributed by atoms with Gasteiger partial charge in [-0.1, -0.05) is 109 Å². The number of aliphatic hydroxyl groups is 1. The van der Waals surface area contributed by atoms with E-state index in [1.807, 2.05) is 41.5 Å². The molecule has 0 bridgehead atoms. The Hall–Kier alpha value is -6.73. The minimum atomic E-state index is -1.71. The third-order valence-corrected chi connectivity index (χ3v) is 17.0. The predicted octanol–water partition coefficient (Wildman–Crippen LogP) is 3.30. The maximum Gasteiger partial charge on any atom is 0.246 e. The van der Waals surface area contributed by atoms with E-state index in [1.165, 1.54) is 82.8 Å². The van der Waals surface area contributed by atoms with Crippen molar-refractivity contribution >= 4 is 65.0 Å². The molecule has 0 aromatic rings. The highest BCUT2D eigenvalue weighted by Gasteiger charge is 2.46. The van der Waals surface area contributed by atoms with Crippen molar-refractivity contribution in [3.8, 4) is 0 Å². The van der Waals surface area contributed by atoms with E-state index in [1.54, 1.807) is 74.5 Å². The van der Waals surface area contributed by atoms with Gasteiger partial charge in [0.2, 0.25) is 71.5 Å². The first-order valence-electron chi connectivity index (χ1n) is 32.0. The Bertz CT molecular complexity index is 2510. The van der Waals surface area contributed by atoms with E-state index in [-0.39, 0.29) is 62.2 Å². The zero-order valence-electron chi connectivity index (χ0n) is 58.6. The molecule has 514 valence electrons. The molecule has 0 aromatic carbocycles. The van der Waals surface area contributed by atoms with Gasteiger partial charge in [-0.3, -0.25) is 62.9 Å². The van der Waals surface area contributed by atoms with Crippen molar-refractivity contribution in [3.05, 3.63) is 22.3 Å². The third-order valence-electron chi connectivity index (χ3n) is 17.0. The zero-order chi connectivity index (χ0) is 69.8. The number of hydrogen-bond donors (Lipinski definition) is 5. The summed E-state index contributed by atoms with van der Waals surface area (Å²) in [6, 6.07) is -14.8. The van der Waals surface area contributed by atoms with Gasteiger partial charge < -0.3 is 60.7 Å². The van der Waals surface area contributed by atoms with Crippen LogP contribution in [0.4, 0.5) is 0 Å². The SMILES string of the molecule is C/C=C/C[C@@H](C)[C@@H](O)[C@H]1C(=O)N[C@@H](CC)C(=O)N(C)[C@H](CC[N+](=O)[O-])C(=O)N(C)[C@@H](CC(C)C)C(=O)N[C@@H](C(C)C)C(=O)N(C)[C@@H](CC(C)C)C(=O)N[C@@H](C)C(=O)N[C@H](C)C(=O)N(C)[C@@H](CC(C)C)C(=O)N(C)[C@@H](CC(C)C)C(=O)N(C)[C@@H](C(C)C)C(=O)N1C. The van der Waals surface area contributed by atoms with Gasteiger partial charge in [-0.25, -0.2) is 0 Å². The van der Waals surface area contributed by atoms with E-state index in [0.717, 1.165) is 14.7 Å². The molecule has 5 N–H and O–H groups in total. The molecule has 0 unspecified atom stereocenters. The van der Waals surface area contributed by atoms with E-state index in [9.17, 15) is 48.8 Å². The normalized spacial score (nSPS) is 26.9. The summed E-state index contributed by atoms with van der Waals surface area (Å²) >= 11 is 0. The second-order valence-electron chi connectivity index (χ2n) is 27.2. The zero-order valence-corrected chi connectivity index (χ0v) is 58.6.